The minimum absolute atomic E-state index is 0.257. The van der Waals surface area contributed by atoms with Crippen LogP contribution >= 0.6 is 0 Å². The predicted molar refractivity (Wildman–Crippen MR) is 86.5 cm³/mol. The summed E-state index contributed by atoms with van der Waals surface area (Å²) in [5.74, 6) is 0.753. The van der Waals surface area contributed by atoms with Crippen LogP contribution in [0.25, 0.3) is 0 Å². The van der Waals surface area contributed by atoms with Crippen LogP contribution in [0.3, 0.4) is 0 Å². The van der Waals surface area contributed by atoms with Gasteiger partial charge in [-0.15, -0.1) is 0 Å². The third-order valence-corrected chi connectivity index (χ3v) is 6.25. The Labute approximate surface area is 125 Å². The van der Waals surface area contributed by atoms with Gasteiger partial charge in [-0.1, -0.05) is 31.9 Å². The van der Waals surface area contributed by atoms with Gasteiger partial charge in [0.15, 0.2) is 0 Å². The zero-order valence-electron chi connectivity index (χ0n) is 12.9. The van der Waals surface area contributed by atoms with Crippen molar-refractivity contribution in [2.24, 2.45) is 5.92 Å². The lowest BCUT2D eigenvalue weighted by molar-refractivity contribution is 0.292. The summed E-state index contributed by atoms with van der Waals surface area (Å²) in [6, 6.07) is 8.57. The molecule has 1 aromatic rings. The molecule has 1 saturated carbocycles. The average molecular weight is 293 g/mol. The van der Waals surface area contributed by atoms with E-state index in [4.69, 9.17) is 0 Å². The molecule has 0 heterocycles. The number of aryl methyl sites for hydroxylation is 1. The second-order valence-corrected chi connectivity index (χ2v) is 7.69. The minimum Gasteiger partial charge on any atom is -0.316 e. The molecule has 0 amide bonds. The van der Waals surface area contributed by atoms with E-state index in [0.717, 1.165) is 23.7 Å². The van der Waals surface area contributed by atoms with Crippen LogP contribution < -0.4 is 5.32 Å². The van der Waals surface area contributed by atoms with Crippen molar-refractivity contribution in [2.75, 3.05) is 7.05 Å². The molecule has 4 unspecified atom stereocenters. The fourth-order valence-corrected chi connectivity index (χ4v) is 5.25. The van der Waals surface area contributed by atoms with Gasteiger partial charge < -0.3 is 5.32 Å². The van der Waals surface area contributed by atoms with Crippen LogP contribution in [0.5, 0.6) is 0 Å². The molecule has 1 aliphatic carbocycles. The molecule has 1 N–H and O–H groups in total. The average Bonchev–Trinajstić information content (AvgIpc) is 2.47. The Morgan fingerprint density at radius 3 is 2.80 bits per heavy atom. The molecule has 20 heavy (non-hydrogen) atoms. The summed E-state index contributed by atoms with van der Waals surface area (Å²) in [7, 11) is 1.11. The molecule has 0 aliphatic heterocycles. The number of hydrogen-bond acceptors (Lipinski definition) is 2. The summed E-state index contributed by atoms with van der Waals surface area (Å²) in [5.41, 5.74) is 1.19. The molecule has 1 aliphatic rings. The largest absolute Gasteiger partial charge is 0.316 e. The highest BCUT2D eigenvalue weighted by molar-refractivity contribution is 7.85. The molecule has 112 valence electrons. The van der Waals surface area contributed by atoms with Crippen molar-refractivity contribution in [1.29, 1.82) is 0 Å². The monoisotopic (exact) mass is 293 g/mol. The molecular formula is C17H27NOS. The number of nitrogens with one attached hydrogen (secondary N) is 1. The van der Waals surface area contributed by atoms with Gasteiger partial charge in [-0.3, -0.25) is 4.21 Å². The summed E-state index contributed by atoms with van der Waals surface area (Å²) in [6.45, 7) is 4.31. The first kappa shape index (κ1) is 15.7. The summed E-state index contributed by atoms with van der Waals surface area (Å²) in [4.78, 5) is 0.993. The summed E-state index contributed by atoms with van der Waals surface area (Å²) in [6.07, 6.45) is 6.04. The van der Waals surface area contributed by atoms with Crippen LogP contribution in [0.2, 0.25) is 0 Å². The van der Waals surface area contributed by atoms with Crippen molar-refractivity contribution in [3.05, 3.63) is 29.8 Å². The zero-order chi connectivity index (χ0) is 14.5. The maximum Gasteiger partial charge on any atom is 0.0576 e. The Morgan fingerprint density at radius 1 is 1.35 bits per heavy atom. The Bertz CT molecular complexity index is 460. The Hall–Kier alpha value is -0.670. The lowest BCUT2D eigenvalue weighted by Crippen LogP contribution is -2.44. The van der Waals surface area contributed by atoms with E-state index >= 15 is 0 Å². The van der Waals surface area contributed by atoms with Crippen LogP contribution in [0, 0.1) is 12.8 Å². The number of hydrogen-bond donors (Lipinski definition) is 1. The lowest BCUT2D eigenvalue weighted by Gasteiger charge is -2.35. The van der Waals surface area contributed by atoms with Gasteiger partial charge >= 0.3 is 0 Å². The number of benzene rings is 1. The highest BCUT2D eigenvalue weighted by Gasteiger charge is 2.33. The maximum atomic E-state index is 12.9. The predicted octanol–water partition coefficient (Wildman–Crippen LogP) is 3.66. The van der Waals surface area contributed by atoms with Gasteiger partial charge in [-0.2, -0.15) is 0 Å². The van der Waals surface area contributed by atoms with Gasteiger partial charge in [0.1, 0.15) is 0 Å². The fraction of sp³-hybridized carbons (Fsp3) is 0.647. The summed E-state index contributed by atoms with van der Waals surface area (Å²) >= 11 is 0. The van der Waals surface area contributed by atoms with E-state index in [-0.39, 0.29) is 5.25 Å². The molecule has 2 nitrogen and oxygen atoms in total. The molecule has 0 saturated heterocycles. The van der Waals surface area contributed by atoms with Crippen molar-refractivity contribution in [3.8, 4) is 0 Å². The van der Waals surface area contributed by atoms with Gasteiger partial charge in [-0.05, 0) is 56.8 Å². The Morgan fingerprint density at radius 2 is 2.15 bits per heavy atom. The van der Waals surface area contributed by atoms with Crippen LogP contribution in [0.4, 0.5) is 0 Å². The van der Waals surface area contributed by atoms with Gasteiger partial charge in [0.25, 0.3) is 0 Å². The van der Waals surface area contributed by atoms with Crippen LogP contribution in [-0.4, -0.2) is 22.5 Å². The van der Waals surface area contributed by atoms with Crippen LogP contribution in [0.15, 0.2) is 29.2 Å². The van der Waals surface area contributed by atoms with Gasteiger partial charge in [0, 0.05) is 10.9 Å². The third-order valence-electron chi connectivity index (χ3n) is 4.46. The second-order valence-electron chi connectivity index (χ2n) is 6.02. The topological polar surface area (TPSA) is 29.1 Å². The molecule has 0 spiro atoms. The highest BCUT2D eigenvalue weighted by Crippen LogP contribution is 2.32. The standard InChI is InChI=1S/C17H27NOS/c1-4-6-14-9-10-16(18-3)17(12-14)20(19)15-8-5-7-13(2)11-15/h5,7-8,11,14,16-18H,4,6,9-10,12H2,1-3H3. The first-order valence-corrected chi connectivity index (χ1v) is 9.01. The fourth-order valence-electron chi connectivity index (χ4n) is 3.36. The normalized spacial score (nSPS) is 28.2. The Kier molecular flexibility index (Phi) is 5.79. The SMILES string of the molecule is CCCC1CCC(NC)C(S(=O)c2cccc(C)c2)C1. The first-order chi connectivity index (χ1) is 9.65. The molecule has 2 rings (SSSR count). The molecular weight excluding hydrogens is 266 g/mol. The van der Waals surface area contributed by atoms with Crippen LogP contribution in [0.1, 0.15) is 44.6 Å². The second kappa shape index (κ2) is 7.37. The van der Waals surface area contributed by atoms with E-state index in [1.54, 1.807) is 0 Å². The first-order valence-electron chi connectivity index (χ1n) is 7.80. The van der Waals surface area contributed by atoms with Crippen LogP contribution in [-0.2, 0) is 10.8 Å². The molecule has 0 bridgehead atoms. The van der Waals surface area contributed by atoms with E-state index in [9.17, 15) is 4.21 Å². The van der Waals surface area contributed by atoms with E-state index in [1.165, 1.54) is 24.8 Å². The van der Waals surface area contributed by atoms with Gasteiger partial charge in [0.2, 0.25) is 0 Å². The molecule has 4 atom stereocenters. The molecule has 0 aromatic heterocycles. The van der Waals surface area contributed by atoms with E-state index in [2.05, 4.69) is 31.3 Å². The van der Waals surface area contributed by atoms with E-state index in [0.29, 0.717) is 6.04 Å². The molecule has 1 aromatic carbocycles. The van der Waals surface area contributed by atoms with Gasteiger partial charge in [-0.25, -0.2) is 0 Å². The highest BCUT2D eigenvalue weighted by atomic mass is 32.2. The quantitative estimate of drug-likeness (QED) is 0.897. The summed E-state index contributed by atoms with van der Waals surface area (Å²) < 4.78 is 12.9. The Balaban J connectivity index is 2.15. The maximum absolute atomic E-state index is 12.9. The van der Waals surface area contributed by atoms with Crippen molar-refractivity contribution in [2.45, 2.75) is 62.1 Å². The van der Waals surface area contributed by atoms with E-state index in [1.807, 2.05) is 19.2 Å². The molecule has 3 heteroatoms. The van der Waals surface area contributed by atoms with E-state index < -0.39 is 10.8 Å². The van der Waals surface area contributed by atoms with Crippen molar-refractivity contribution in [3.63, 3.8) is 0 Å². The lowest BCUT2D eigenvalue weighted by atomic mass is 9.83. The van der Waals surface area contributed by atoms with Crippen molar-refractivity contribution < 1.29 is 4.21 Å². The molecule has 1 fully saturated rings. The van der Waals surface area contributed by atoms with Gasteiger partial charge in [0.05, 0.1) is 16.0 Å². The van der Waals surface area contributed by atoms with Crippen molar-refractivity contribution >= 4 is 10.8 Å². The molecule has 0 radical (unpaired) electrons. The minimum atomic E-state index is -0.897. The zero-order valence-corrected chi connectivity index (χ0v) is 13.7. The third kappa shape index (κ3) is 3.70. The number of rotatable bonds is 5. The smallest absolute Gasteiger partial charge is 0.0576 e. The summed E-state index contributed by atoms with van der Waals surface area (Å²) in [5, 5.41) is 3.65. The van der Waals surface area contributed by atoms with Crippen molar-refractivity contribution in [1.82, 2.24) is 5.32 Å².